The van der Waals surface area contributed by atoms with Gasteiger partial charge in [-0.2, -0.15) is 0 Å². The quantitative estimate of drug-likeness (QED) is 0.858. The molecule has 2 unspecified atom stereocenters. The average Bonchev–Trinajstić information content (AvgIpc) is 2.63. The molecule has 3 rings (SSSR count). The van der Waals surface area contributed by atoms with Crippen LogP contribution in [0.1, 0.15) is 57.1 Å². The normalized spacial score (nSPS) is 23.0. The van der Waals surface area contributed by atoms with Crippen LogP contribution in [0.3, 0.4) is 0 Å². The number of halogens is 2. The Morgan fingerprint density at radius 3 is 2.56 bits per heavy atom. The van der Waals surface area contributed by atoms with Crippen molar-refractivity contribution in [3.63, 3.8) is 0 Å². The third kappa shape index (κ3) is 5.18. The number of hydrogen-bond acceptors (Lipinski definition) is 2. The molecule has 2 aliphatic rings. The second-order valence-electron chi connectivity index (χ2n) is 7.42. The van der Waals surface area contributed by atoms with Gasteiger partial charge in [0.05, 0.1) is 6.04 Å². The molecule has 3 nitrogen and oxygen atoms in total. The van der Waals surface area contributed by atoms with Crippen molar-refractivity contribution < 1.29 is 9.18 Å². The maximum atomic E-state index is 13.2. The largest absolute Gasteiger partial charge is 0.336 e. The van der Waals surface area contributed by atoms with Crippen LogP contribution in [0.4, 0.5) is 4.39 Å². The van der Waals surface area contributed by atoms with Gasteiger partial charge in [0.15, 0.2) is 0 Å². The molecular weight excluding hydrogens is 339 g/mol. The van der Waals surface area contributed by atoms with Gasteiger partial charge in [0.1, 0.15) is 5.82 Å². The molecule has 0 radical (unpaired) electrons. The highest BCUT2D eigenvalue weighted by Crippen LogP contribution is 2.33. The van der Waals surface area contributed by atoms with Crippen molar-refractivity contribution in [3.8, 4) is 0 Å². The van der Waals surface area contributed by atoms with Gasteiger partial charge in [-0.1, -0.05) is 19.1 Å². The van der Waals surface area contributed by atoms with E-state index in [1.807, 2.05) is 17.0 Å². The molecule has 2 saturated heterocycles. The number of nitrogens with zero attached hydrogens (tertiary/aromatic N) is 1. The predicted molar refractivity (Wildman–Crippen MR) is 101 cm³/mol. The van der Waals surface area contributed by atoms with E-state index in [0.717, 1.165) is 44.5 Å². The SMILES string of the molecule is CC(CC(=O)N1CCCCC1c1ccc(F)cc1)C1CCNCC1.Cl. The Balaban J connectivity index is 0.00000225. The minimum Gasteiger partial charge on any atom is -0.336 e. The topological polar surface area (TPSA) is 32.3 Å². The number of nitrogens with one attached hydrogen (secondary N) is 1. The molecule has 2 aliphatic heterocycles. The molecular formula is C20H30ClFN2O. The van der Waals surface area contributed by atoms with Crippen LogP contribution in [0.25, 0.3) is 0 Å². The minimum atomic E-state index is -0.216. The van der Waals surface area contributed by atoms with E-state index in [9.17, 15) is 9.18 Å². The number of piperidine rings is 2. The lowest BCUT2D eigenvalue weighted by Crippen LogP contribution is -2.40. The van der Waals surface area contributed by atoms with Gasteiger partial charge in [0.2, 0.25) is 5.91 Å². The second-order valence-corrected chi connectivity index (χ2v) is 7.42. The molecule has 25 heavy (non-hydrogen) atoms. The molecule has 0 saturated carbocycles. The fraction of sp³-hybridized carbons (Fsp3) is 0.650. The molecule has 0 aromatic heterocycles. The minimum absolute atomic E-state index is 0. The van der Waals surface area contributed by atoms with Gasteiger partial charge in [-0.25, -0.2) is 4.39 Å². The third-order valence-electron chi connectivity index (χ3n) is 5.76. The van der Waals surface area contributed by atoms with E-state index in [4.69, 9.17) is 0 Å². The van der Waals surface area contributed by atoms with Gasteiger partial charge < -0.3 is 10.2 Å². The molecule has 140 valence electrons. The summed E-state index contributed by atoms with van der Waals surface area (Å²) in [5.41, 5.74) is 1.07. The van der Waals surface area contributed by atoms with Crippen LogP contribution >= 0.6 is 12.4 Å². The highest BCUT2D eigenvalue weighted by Gasteiger charge is 2.30. The first-order chi connectivity index (χ1) is 11.6. The number of rotatable bonds is 4. The molecule has 1 aromatic carbocycles. The second kappa shape index (κ2) is 9.54. The zero-order valence-corrected chi connectivity index (χ0v) is 15.9. The Morgan fingerprint density at radius 1 is 1.20 bits per heavy atom. The Morgan fingerprint density at radius 2 is 1.88 bits per heavy atom. The van der Waals surface area contributed by atoms with Crippen LogP contribution < -0.4 is 5.32 Å². The molecule has 2 heterocycles. The zero-order valence-electron chi connectivity index (χ0n) is 15.0. The van der Waals surface area contributed by atoms with Crippen molar-refractivity contribution >= 4 is 18.3 Å². The first-order valence-corrected chi connectivity index (χ1v) is 9.41. The number of amides is 1. The number of likely N-dealkylation sites (tertiary alicyclic amines) is 1. The van der Waals surface area contributed by atoms with Gasteiger partial charge in [0.25, 0.3) is 0 Å². The number of benzene rings is 1. The number of carbonyl (C=O) groups is 1. The van der Waals surface area contributed by atoms with Crippen molar-refractivity contribution in [1.82, 2.24) is 10.2 Å². The molecule has 1 amide bonds. The van der Waals surface area contributed by atoms with Gasteiger partial charge in [-0.3, -0.25) is 4.79 Å². The van der Waals surface area contributed by atoms with Crippen molar-refractivity contribution in [3.05, 3.63) is 35.6 Å². The Bertz CT molecular complexity index is 545. The Hall–Kier alpha value is -1.13. The summed E-state index contributed by atoms with van der Waals surface area (Å²) in [6.07, 6.45) is 6.19. The average molecular weight is 369 g/mol. The lowest BCUT2D eigenvalue weighted by Gasteiger charge is -2.37. The van der Waals surface area contributed by atoms with Crippen molar-refractivity contribution in [2.24, 2.45) is 11.8 Å². The van der Waals surface area contributed by atoms with E-state index in [-0.39, 0.29) is 30.2 Å². The summed E-state index contributed by atoms with van der Waals surface area (Å²) in [7, 11) is 0. The van der Waals surface area contributed by atoms with E-state index in [2.05, 4.69) is 12.2 Å². The van der Waals surface area contributed by atoms with Crippen molar-refractivity contribution in [1.29, 1.82) is 0 Å². The summed E-state index contributed by atoms with van der Waals surface area (Å²) in [6, 6.07) is 6.80. The molecule has 2 fully saturated rings. The van der Waals surface area contributed by atoms with Crippen molar-refractivity contribution in [2.45, 2.75) is 51.5 Å². The maximum absolute atomic E-state index is 13.2. The van der Waals surface area contributed by atoms with Crippen LogP contribution in [-0.2, 0) is 4.79 Å². The fourth-order valence-corrected chi connectivity index (χ4v) is 4.23. The van der Waals surface area contributed by atoms with Crippen LogP contribution in [0.5, 0.6) is 0 Å². The molecule has 0 bridgehead atoms. The van der Waals surface area contributed by atoms with E-state index in [0.29, 0.717) is 18.3 Å². The summed E-state index contributed by atoms with van der Waals surface area (Å²) in [5, 5.41) is 3.39. The third-order valence-corrected chi connectivity index (χ3v) is 5.76. The lowest BCUT2D eigenvalue weighted by molar-refractivity contribution is -0.136. The van der Waals surface area contributed by atoms with E-state index in [1.54, 1.807) is 0 Å². The Labute approximate surface area is 156 Å². The first-order valence-electron chi connectivity index (χ1n) is 9.41. The molecule has 1 N–H and O–H groups in total. The fourth-order valence-electron chi connectivity index (χ4n) is 4.23. The van der Waals surface area contributed by atoms with Gasteiger partial charge in [0, 0.05) is 13.0 Å². The first kappa shape index (κ1) is 20.2. The molecule has 1 aromatic rings. The van der Waals surface area contributed by atoms with Crippen molar-refractivity contribution in [2.75, 3.05) is 19.6 Å². The summed E-state index contributed by atoms with van der Waals surface area (Å²) in [5.74, 6) is 1.15. The summed E-state index contributed by atoms with van der Waals surface area (Å²) < 4.78 is 13.2. The smallest absolute Gasteiger partial charge is 0.223 e. The summed E-state index contributed by atoms with van der Waals surface area (Å²) in [6.45, 7) is 5.21. The molecule has 0 spiro atoms. The van der Waals surface area contributed by atoms with E-state index in [1.165, 1.54) is 25.0 Å². The highest BCUT2D eigenvalue weighted by atomic mass is 35.5. The summed E-state index contributed by atoms with van der Waals surface area (Å²) in [4.78, 5) is 15.0. The number of carbonyl (C=O) groups excluding carboxylic acids is 1. The molecule has 2 atom stereocenters. The highest BCUT2D eigenvalue weighted by molar-refractivity contribution is 5.85. The van der Waals surface area contributed by atoms with Crippen LogP contribution in [-0.4, -0.2) is 30.4 Å². The summed E-state index contributed by atoms with van der Waals surface area (Å²) >= 11 is 0. The number of hydrogen-bond donors (Lipinski definition) is 1. The molecule has 0 aliphatic carbocycles. The van der Waals surface area contributed by atoms with E-state index >= 15 is 0 Å². The van der Waals surface area contributed by atoms with Crippen LogP contribution in [0.15, 0.2) is 24.3 Å². The van der Waals surface area contributed by atoms with Gasteiger partial charge in [-0.05, 0) is 74.7 Å². The van der Waals surface area contributed by atoms with Crippen LogP contribution in [0.2, 0.25) is 0 Å². The zero-order chi connectivity index (χ0) is 16.9. The Kier molecular flexibility index (Phi) is 7.70. The monoisotopic (exact) mass is 368 g/mol. The standard InChI is InChI=1S/C20H29FN2O.ClH/c1-15(16-9-11-22-12-10-16)14-20(24)23-13-3-2-4-19(23)17-5-7-18(21)8-6-17;/h5-8,15-16,19,22H,2-4,9-14H2,1H3;1H. The molecule has 5 heteroatoms. The lowest BCUT2D eigenvalue weighted by atomic mass is 9.83. The van der Waals surface area contributed by atoms with Gasteiger partial charge in [-0.15, -0.1) is 12.4 Å². The van der Waals surface area contributed by atoms with Gasteiger partial charge >= 0.3 is 0 Å². The predicted octanol–water partition coefficient (Wildman–Crippen LogP) is 4.33. The van der Waals surface area contributed by atoms with Crippen LogP contribution in [0, 0.1) is 17.7 Å². The maximum Gasteiger partial charge on any atom is 0.223 e. The van der Waals surface area contributed by atoms with E-state index < -0.39 is 0 Å².